The maximum atomic E-state index is 13.2. The molecule has 1 aliphatic heterocycles. The molecule has 3 heteroatoms. The monoisotopic (exact) mass is 317 g/mol. The molecule has 1 aromatic heterocycles. The number of hydrogen-bond donors (Lipinski definition) is 0. The number of nitrogens with zero attached hydrogens (tertiary/aromatic N) is 2. The highest BCUT2D eigenvalue weighted by Crippen LogP contribution is 2.33. The molecule has 0 bridgehead atoms. The van der Waals surface area contributed by atoms with E-state index in [1.54, 1.807) is 0 Å². The normalized spacial score (nSPS) is 17.8. The van der Waals surface area contributed by atoms with Crippen LogP contribution in [0.25, 0.3) is 10.8 Å². The van der Waals surface area contributed by atoms with E-state index in [0.29, 0.717) is 0 Å². The number of para-hydroxylation sites is 1. The first-order chi connectivity index (χ1) is 11.6. The number of hydrogen-bond acceptors (Lipinski definition) is 1. The van der Waals surface area contributed by atoms with Crippen molar-refractivity contribution in [3.8, 4) is 0 Å². The topological polar surface area (TPSA) is 24.2 Å². The predicted octanol–water partition coefficient (Wildman–Crippen LogP) is 3.67. The average molecular weight is 317 g/mol. The lowest BCUT2D eigenvalue weighted by atomic mass is 10.1. The number of carbonyl (C=O) groups is 1. The summed E-state index contributed by atoms with van der Waals surface area (Å²) in [6.07, 6.45) is 4.99. The molecule has 2 aromatic carbocycles. The van der Waals surface area contributed by atoms with Crippen LogP contribution in [0.2, 0.25) is 0 Å². The zero-order valence-electron chi connectivity index (χ0n) is 14.0. The summed E-state index contributed by atoms with van der Waals surface area (Å²) in [5.41, 5.74) is 2.32. The lowest BCUT2D eigenvalue weighted by molar-refractivity contribution is -0.704. The van der Waals surface area contributed by atoms with Gasteiger partial charge in [0.05, 0.1) is 0 Å². The third-order valence-corrected chi connectivity index (χ3v) is 4.96. The maximum Gasteiger partial charge on any atom is 0.296 e. The van der Waals surface area contributed by atoms with Crippen molar-refractivity contribution in [3.63, 3.8) is 0 Å². The Morgan fingerprint density at radius 3 is 2.62 bits per heavy atom. The van der Waals surface area contributed by atoms with Crippen molar-refractivity contribution in [2.75, 3.05) is 4.90 Å². The minimum atomic E-state index is -0.233. The number of rotatable bonds is 2. The van der Waals surface area contributed by atoms with Crippen molar-refractivity contribution in [3.05, 3.63) is 72.6 Å². The van der Waals surface area contributed by atoms with Gasteiger partial charge in [0.25, 0.3) is 5.91 Å². The Bertz CT molecular complexity index is 918. The number of amides is 1. The van der Waals surface area contributed by atoms with Crippen LogP contribution in [-0.4, -0.2) is 11.9 Å². The van der Waals surface area contributed by atoms with Crippen LogP contribution in [0.3, 0.4) is 0 Å². The second-order valence-electron chi connectivity index (χ2n) is 6.59. The van der Waals surface area contributed by atoms with Gasteiger partial charge < -0.3 is 4.90 Å². The van der Waals surface area contributed by atoms with Crippen molar-refractivity contribution in [2.24, 2.45) is 0 Å². The first-order valence-corrected chi connectivity index (χ1v) is 8.45. The Kier molecular flexibility index (Phi) is 3.57. The molecule has 24 heavy (non-hydrogen) atoms. The van der Waals surface area contributed by atoms with E-state index in [-0.39, 0.29) is 18.0 Å². The van der Waals surface area contributed by atoms with Gasteiger partial charge in [-0.15, -0.1) is 0 Å². The van der Waals surface area contributed by atoms with Gasteiger partial charge in [0.15, 0.2) is 12.4 Å². The smallest absolute Gasteiger partial charge is 0.296 e. The summed E-state index contributed by atoms with van der Waals surface area (Å²) in [6, 6.07) is 18.5. The number of benzene rings is 2. The molecule has 0 aliphatic carbocycles. The summed E-state index contributed by atoms with van der Waals surface area (Å²) in [5.74, 6) is 0.146. The van der Waals surface area contributed by atoms with Crippen molar-refractivity contribution in [2.45, 2.75) is 32.4 Å². The molecule has 1 aliphatic rings. The van der Waals surface area contributed by atoms with Gasteiger partial charge in [0, 0.05) is 30.1 Å². The zero-order chi connectivity index (χ0) is 16.7. The lowest BCUT2D eigenvalue weighted by Crippen LogP contribution is -2.49. The quantitative estimate of drug-likeness (QED) is 0.662. The third kappa shape index (κ3) is 2.37. The Balaban J connectivity index is 1.68. The highest BCUT2D eigenvalue weighted by molar-refractivity contribution is 5.97. The second kappa shape index (κ2) is 5.75. The summed E-state index contributed by atoms with van der Waals surface area (Å²) in [6.45, 7) is 4.10. The average Bonchev–Trinajstić information content (AvgIpc) is 2.95. The van der Waals surface area contributed by atoms with Gasteiger partial charge in [-0.3, -0.25) is 4.79 Å². The van der Waals surface area contributed by atoms with Crippen LogP contribution in [-0.2, 0) is 11.2 Å². The van der Waals surface area contributed by atoms with Crippen molar-refractivity contribution in [1.82, 2.24) is 0 Å². The van der Waals surface area contributed by atoms with E-state index >= 15 is 0 Å². The highest BCUT2D eigenvalue weighted by Gasteiger charge is 2.36. The molecule has 0 saturated carbocycles. The summed E-state index contributed by atoms with van der Waals surface area (Å²) in [4.78, 5) is 15.1. The second-order valence-corrected chi connectivity index (χ2v) is 6.59. The Hall–Kier alpha value is -2.68. The third-order valence-electron chi connectivity index (χ3n) is 4.96. The number of aromatic nitrogens is 1. The first-order valence-electron chi connectivity index (χ1n) is 8.45. The first kappa shape index (κ1) is 14.9. The van der Waals surface area contributed by atoms with Crippen LogP contribution in [0.1, 0.15) is 25.5 Å². The zero-order valence-corrected chi connectivity index (χ0v) is 14.0. The van der Waals surface area contributed by atoms with Gasteiger partial charge in [0.2, 0.25) is 6.04 Å². The molecule has 1 amide bonds. The molecule has 0 fully saturated rings. The molecule has 2 atom stereocenters. The van der Waals surface area contributed by atoms with E-state index in [1.807, 2.05) is 46.9 Å². The molecule has 2 heterocycles. The van der Waals surface area contributed by atoms with Gasteiger partial charge in [-0.2, -0.15) is 4.57 Å². The highest BCUT2D eigenvalue weighted by atomic mass is 16.2. The Labute approximate surface area is 142 Å². The van der Waals surface area contributed by atoms with Crippen LogP contribution in [0.4, 0.5) is 5.69 Å². The number of anilines is 1. The molecular formula is C21H21N2O+. The molecule has 0 unspecified atom stereocenters. The molecule has 120 valence electrons. The van der Waals surface area contributed by atoms with E-state index < -0.39 is 0 Å². The molecule has 3 nitrogen and oxygen atoms in total. The molecule has 0 saturated heterocycles. The Morgan fingerprint density at radius 2 is 1.79 bits per heavy atom. The van der Waals surface area contributed by atoms with Crippen LogP contribution in [0, 0.1) is 0 Å². The van der Waals surface area contributed by atoms with Gasteiger partial charge in [-0.05, 0) is 36.4 Å². The fraction of sp³-hybridized carbons (Fsp3) is 0.238. The summed E-state index contributed by atoms with van der Waals surface area (Å²) in [5, 5.41) is 2.34. The van der Waals surface area contributed by atoms with Crippen molar-refractivity contribution in [1.29, 1.82) is 0 Å². The minimum Gasteiger partial charge on any atom is -0.303 e. The predicted molar refractivity (Wildman–Crippen MR) is 95.9 cm³/mol. The van der Waals surface area contributed by atoms with E-state index in [0.717, 1.165) is 17.5 Å². The maximum absolute atomic E-state index is 13.2. The van der Waals surface area contributed by atoms with E-state index in [4.69, 9.17) is 0 Å². The van der Waals surface area contributed by atoms with Crippen LogP contribution in [0.15, 0.2) is 67.0 Å². The fourth-order valence-electron chi connectivity index (χ4n) is 3.62. The molecule has 4 rings (SSSR count). The molecule has 0 spiro atoms. The minimum absolute atomic E-state index is 0.146. The van der Waals surface area contributed by atoms with Gasteiger partial charge >= 0.3 is 0 Å². The van der Waals surface area contributed by atoms with Crippen LogP contribution < -0.4 is 9.47 Å². The summed E-state index contributed by atoms with van der Waals surface area (Å²) >= 11 is 0. The molecule has 3 aromatic rings. The largest absolute Gasteiger partial charge is 0.303 e. The van der Waals surface area contributed by atoms with Crippen LogP contribution >= 0.6 is 0 Å². The Morgan fingerprint density at radius 1 is 1.08 bits per heavy atom. The number of fused-ring (bicyclic) bond motifs is 2. The molecular weight excluding hydrogens is 296 g/mol. The SMILES string of the molecule is C[C@@H]1Cc2ccccc2N1C(=O)[C@@H](C)[n+]1ccc2ccccc2c1. The number of carbonyl (C=O) groups excluding carboxylic acids is 1. The standard InChI is InChI=1S/C21H21N2O/c1-15-13-18-8-5-6-10-20(18)23(15)21(24)16(2)22-12-11-17-7-3-4-9-19(17)14-22/h3-12,14-16H,13H2,1-2H3/q+1/t15-,16-/m1/s1. The number of pyridine rings is 1. The van der Waals surface area contributed by atoms with Crippen molar-refractivity contribution >= 4 is 22.4 Å². The van der Waals surface area contributed by atoms with E-state index in [1.165, 1.54) is 10.9 Å². The molecule has 0 N–H and O–H groups in total. The fourth-order valence-corrected chi connectivity index (χ4v) is 3.62. The van der Waals surface area contributed by atoms with Crippen LogP contribution in [0.5, 0.6) is 0 Å². The van der Waals surface area contributed by atoms with Crippen molar-refractivity contribution < 1.29 is 9.36 Å². The summed E-state index contributed by atoms with van der Waals surface area (Å²) in [7, 11) is 0. The summed E-state index contributed by atoms with van der Waals surface area (Å²) < 4.78 is 2.01. The van der Waals surface area contributed by atoms with Gasteiger partial charge in [-0.25, -0.2) is 0 Å². The van der Waals surface area contributed by atoms with Gasteiger partial charge in [-0.1, -0.05) is 36.4 Å². The van der Waals surface area contributed by atoms with E-state index in [2.05, 4.69) is 43.5 Å². The molecule has 0 radical (unpaired) electrons. The van der Waals surface area contributed by atoms with E-state index in [9.17, 15) is 4.79 Å². The lowest BCUT2D eigenvalue weighted by Gasteiger charge is -2.24. The van der Waals surface area contributed by atoms with Gasteiger partial charge in [0.1, 0.15) is 0 Å².